The van der Waals surface area contributed by atoms with Crippen LogP contribution in [0, 0.1) is 5.41 Å². The Morgan fingerprint density at radius 1 is 1.38 bits per heavy atom. The van der Waals surface area contributed by atoms with Gasteiger partial charge in [-0.1, -0.05) is 13.8 Å². The molecule has 1 atom stereocenters. The van der Waals surface area contributed by atoms with Gasteiger partial charge in [-0.05, 0) is 25.0 Å². The Labute approximate surface area is 84.7 Å². The van der Waals surface area contributed by atoms with Gasteiger partial charge in [0.05, 0.1) is 12.2 Å². The number of hydrogen-bond acceptors (Lipinski definition) is 3. The van der Waals surface area contributed by atoms with Gasteiger partial charge in [-0.25, -0.2) is 0 Å². The largest absolute Gasteiger partial charge is 0.396 e. The minimum absolute atomic E-state index is 0.123. The zero-order chi connectivity index (χ0) is 9.95. The summed E-state index contributed by atoms with van der Waals surface area (Å²) in [4.78, 5) is 0. The minimum Gasteiger partial charge on any atom is -0.396 e. The molecule has 1 aliphatic rings. The highest BCUT2D eigenvalue weighted by atomic mass is 32.2. The van der Waals surface area contributed by atoms with Gasteiger partial charge in [0.15, 0.2) is 0 Å². The lowest BCUT2D eigenvalue weighted by atomic mass is 9.69. The van der Waals surface area contributed by atoms with E-state index in [1.807, 2.05) is 25.6 Å². The maximum atomic E-state index is 10.4. The quantitative estimate of drug-likeness (QED) is 0.731. The molecule has 0 spiro atoms. The summed E-state index contributed by atoms with van der Waals surface area (Å²) in [5.74, 6) is 1.98. The second kappa shape index (κ2) is 4.20. The van der Waals surface area contributed by atoms with Gasteiger partial charge >= 0.3 is 0 Å². The summed E-state index contributed by atoms with van der Waals surface area (Å²) >= 11 is 1.84. The first-order valence-corrected chi connectivity index (χ1v) is 6.20. The van der Waals surface area contributed by atoms with Crippen molar-refractivity contribution in [3.8, 4) is 0 Å². The van der Waals surface area contributed by atoms with Crippen LogP contribution in [-0.2, 0) is 0 Å². The van der Waals surface area contributed by atoms with Crippen LogP contribution in [0.5, 0.6) is 0 Å². The van der Waals surface area contributed by atoms with E-state index in [4.69, 9.17) is 0 Å². The van der Waals surface area contributed by atoms with Crippen molar-refractivity contribution in [2.45, 2.75) is 38.7 Å². The van der Waals surface area contributed by atoms with Crippen LogP contribution >= 0.6 is 11.8 Å². The van der Waals surface area contributed by atoms with E-state index in [2.05, 4.69) is 0 Å². The minimum atomic E-state index is -0.661. The summed E-state index contributed by atoms with van der Waals surface area (Å²) in [6.07, 6.45) is 2.43. The van der Waals surface area contributed by atoms with Crippen LogP contribution in [0.15, 0.2) is 0 Å². The molecule has 0 aromatic heterocycles. The first-order valence-electron chi connectivity index (χ1n) is 5.05. The van der Waals surface area contributed by atoms with E-state index >= 15 is 0 Å². The fourth-order valence-electron chi connectivity index (χ4n) is 2.25. The highest BCUT2D eigenvalue weighted by molar-refractivity contribution is 7.99. The molecule has 78 valence electrons. The lowest BCUT2D eigenvalue weighted by Gasteiger charge is -2.42. The van der Waals surface area contributed by atoms with Gasteiger partial charge in [0.25, 0.3) is 0 Å². The number of aliphatic hydroxyl groups excluding tert-OH is 1. The molecule has 1 rings (SSSR count). The predicted molar refractivity (Wildman–Crippen MR) is 57.0 cm³/mol. The second-order valence-electron chi connectivity index (χ2n) is 3.98. The van der Waals surface area contributed by atoms with Gasteiger partial charge in [0.1, 0.15) is 0 Å². The molecular weight excluding hydrogens is 184 g/mol. The normalized spacial score (nSPS) is 29.5. The average molecular weight is 204 g/mol. The maximum Gasteiger partial charge on any atom is 0.0728 e. The number of thioether (sulfide) groups is 1. The van der Waals surface area contributed by atoms with E-state index in [9.17, 15) is 10.2 Å². The van der Waals surface area contributed by atoms with Crippen LogP contribution in [-0.4, -0.2) is 33.9 Å². The molecule has 1 fully saturated rings. The third kappa shape index (κ3) is 1.74. The molecule has 3 heteroatoms. The molecule has 1 aliphatic heterocycles. The van der Waals surface area contributed by atoms with Gasteiger partial charge in [0, 0.05) is 11.2 Å². The third-order valence-corrected chi connectivity index (χ3v) is 4.81. The highest BCUT2D eigenvalue weighted by Gasteiger charge is 2.49. The molecule has 2 N–H and O–H groups in total. The summed E-state index contributed by atoms with van der Waals surface area (Å²) in [5.41, 5.74) is -0.896. The Bertz CT molecular complexity index is 160. The van der Waals surface area contributed by atoms with Crippen LogP contribution in [0.2, 0.25) is 0 Å². The van der Waals surface area contributed by atoms with Crippen molar-refractivity contribution in [1.82, 2.24) is 0 Å². The van der Waals surface area contributed by atoms with Gasteiger partial charge in [-0.2, -0.15) is 11.8 Å². The molecule has 1 heterocycles. The lowest BCUT2D eigenvalue weighted by molar-refractivity contribution is -0.101. The van der Waals surface area contributed by atoms with Crippen LogP contribution in [0.3, 0.4) is 0 Å². The highest BCUT2D eigenvalue weighted by Crippen LogP contribution is 2.47. The molecule has 0 radical (unpaired) electrons. The average Bonchev–Trinajstić information content (AvgIpc) is 2.66. The van der Waals surface area contributed by atoms with Crippen molar-refractivity contribution >= 4 is 11.8 Å². The summed E-state index contributed by atoms with van der Waals surface area (Å²) in [6.45, 7) is 4.13. The predicted octanol–water partition coefficient (Wildman–Crippen LogP) is 1.65. The molecule has 0 bridgehead atoms. The molecule has 0 saturated carbocycles. The van der Waals surface area contributed by atoms with Crippen LogP contribution < -0.4 is 0 Å². The summed E-state index contributed by atoms with van der Waals surface area (Å²) in [6, 6.07) is 0. The monoisotopic (exact) mass is 204 g/mol. The Morgan fingerprint density at radius 3 is 2.31 bits per heavy atom. The molecule has 0 amide bonds. The first-order chi connectivity index (χ1) is 6.14. The van der Waals surface area contributed by atoms with E-state index in [0.29, 0.717) is 0 Å². The molecule has 13 heavy (non-hydrogen) atoms. The van der Waals surface area contributed by atoms with Crippen molar-refractivity contribution in [3.63, 3.8) is 0 Å². The molecule has 0 aliphatic carbocycles. The van der Waals surface area contributed by atoms with Crippen LogP contribution in [0.1, 0.15) is 33.1 Å². The van der Waals surface area contributed by atoms with E-state index in [1.165, 1.54) is 0 Å². The number of hydrogen-bond donors (Lipinski definition) is 2. The van der Waals surface area contributed by atoms with Gasteiger partial charge in [-0.15, -0.1) is 0 Å². The molecule has 2 nitrogen and oxygen atoms in total. The summed E-state index contributed by atoms with van der Waals surface area (Å²) in [5, 5.41) is 19.8. The van der Waals surface area contributed by atoms with Crippen molar-refractivity contribution in [1.29, 1.82) is 0 Å². The molecule has 1 unspecified atom stereocenters. The smallest absolute Gasteiger partial charge is 0.0728 e. The molecular formula is C10H20O2S. The fourth-order valence-corrected chi connectivity index (χ4v) is 3.82. The van der Waals surface area contributed by atoms with E-state index in [-0.39, 0.29) is 12.0 Å². The maximum absolute atomic E-state index is 10.4. The molecule has 1 saturated heterocycles. The zero-order valence-corrected chi connectivity index (χ0v) is 9.36. The van der Waals surface area contributed by atoms with Crippen molar-refractivity contribution in [2.24, 2.45) is 5.41 Å². The van der Waals surface area contributed by atoms with E-state index in [0.717, 1.165) is 30.8 Å². The van der Waals surface area contributed by atoms with Crippen molar-refractivity contribution in [3.05, 3.63) is 0 Å². The molecule has 0 aromatic carbocycles. The Morgan fingerprint density at radius 2 is 2.00 bits per heavy atom. The number of rotatable bonds is 4. The number of aliphatic hydroxyl groups is 2. The third-order valence-electron chi connectivity index (χ3n) is 3.56. The lowest BCUT2D eigenvalue weighted by Crippen LogP contribution is -2.50. The Balaban J connectivity index is 2.84. The Hall–Kier alpha value is 0.270. The Kier molecular flexibility index (Phi) is 3.66. The van der Waals surface area contributed by atoms with Gasteiger partial charge in [-0.3, -0.25) is 0 Å². The SMILES string of the molecule is CCC(O)(CC)C1(CO)CCSC1. The fraction of sp³-hybridized carbons (Fsp3) is 1.00. The van der Waals surface area contributed by atoms with Gasteiger partial charge in [0.2, 0.25) is 0 Å². The zero-order valence-electron chi connectivity index (χ0n) is 8.55. The topological polar surface area (TPSA) is 40.5 Å². The van der Waals surface area contributed by atoms with Crippen molar-refractivity contribution in [2.75, 3.05) is 18.1 Å². The summed E-state index contributed by atoms with van der Waals surface area (Å²) in [7, 11) is 0. The van der Waals surface area contributed by atoms with Crippen molar-refractivity contribution < 1.29 is 10.2 Å². The van der Waals surface area contributed by atoms with Crippen LogP contribution in [0.4, 0.5) is 0 Å². The summed E-state index contributed by atoms with van der Waals surface area (Å²) < 4.78 is 0. The van der Waals surface area contributed by atoms with Gasteiger partial charge < -0.3 is 10.2 Å². The standard InChI is InChI=1S/C10H20O2S/c1-3-10(12,4-2)9(7-11)5-6-13-8-9/h11-12H,3-8H2,1-2H3. The first kappa shape index (κ1) is 11.3. The molecule has 0 aromatic rings. The van der Waals surface area contributed by atoms with E-state index < -0.39 is 5.60 Å². The second-order valence-corrected chi connectivity index (χ2v) is 5.08. The van der Waals surface area contributed by atoms with Crippen LogP contribution in [0.25, 0.3) is 0 Å². The van der Waals surface area contributed by atoms with E-state index in [1.54, 1.807) is 0 Å².